The maximum atomic E-state index is 12.3. The van der Waals surface area contributed by atoms with Crippen LogP contribution in [0.1, 0.15) is 32.8 Å². The van der Waals surface area contributed by atoms with Crippen LogP contribution >= 0.6 is 0 Å². The quantitative estimate of drug-likeness (QED) is 0.505. The zero-order valence-corrected chi connectivity index (χ0v) is 16.4. The number of imide groups is 1. The molecular weight excluding hydrogens is 382 g/mol. The van der Waals surface area contributed by atoms with E-state index in [1.807, 2.05) is 0 Å². The van der Waals surface area contributed by atoms with Gasteiger partial charge < -0.3 is 24.8 Å². The van der Waals surface area contributed by atoms with Crippen LogP contribution in [0.2, 0.25) is 0 Å². The highest BCUT2D eigenvalue weighted by atomic mass is 16.7. The zero-order valence-electron chi connectivity index (χ0n) is 16.4. The lowest BCUT2D eigenvalue weighted by Gasteiger charge is -2.19. The Bertz CT molecular complexity index is 856. The fourth-order valence-corrected chi connectivity index (χ4v) is 2.93. The first-order valence-corrected chi connectivity index (χ1v) is 9.23. The standard InChI is InChI=1S/C19H23N3O7/c1-4-19(3)17(25)22(18(26)21-19)9-15(23)29-11(2)16(24)20-8-12-5-6-13-14(7-12)28-10-27-13/h5-7,11H,4,8-10H2,1-3H3,(H,20,24)(H,21,26)/t11-,19-/m0/s1. The summed E-state index contributed by atoms with van der Waals surface area (Å²) < 4.78 is 15.6. The number of nitrogens with zero attached hydrogens (tertiary/aromatic N) is 1. The molecule has 2 atom stereocenters. The number of rotatable bonds is 7. The van der Waals surface area contributed by atoms with Gasteiger partial charge in [-0.15, -0.1) is 0 Å². The van der Waals surface area contributed by atoms with Crippen LogP contribution in [0.4, 0.5) is 4.79 Å². The number of nitrogens with one attached hydrogen (secondary N) is 2. The number of carbonyl (C=O) groups is 4. The Morgan fingerprint density at radius 2 is 2.03 bits per heavy atom. The average Bonchev–Trinajstić information content (AvgIpc) is 3.24. The smallest absolute Gasteiger partial charge is 0.327 e. The summed E-state index contributed by atoms with van der Waals surface area (Å²) in [6.45, 7) is 4.57. The number of hydrogen-bond acceptors (Lipinski definition) is 7. The van der Waals surface area contributed by atoms with E-state index in [-0.39, 0.29) is 13.3 Å². The van der Waals surface area contributed by atoms with E-state index in [1.165, 1.54) is 6.92 Å². The van der Waals surface area contributed by atoms with Crippen molar-refractivity contribution >= 4 is 23.8 Å². The number of hydrogen-bond donors (Lipinski definition) is 2. The normalized spacial score (nSPS) is 21.0. The van der Waals surface area contributed by atoms with Crippen molar-refractivity contribution in [1.29, 1.82) is 0 Å². The van der Waals surface area contributed by atoms with Crippen LogP contribution in [0.5, 0.6) is 11.5 Å². The second kappa shape index (κ2) is 7.98. The Hall–Kier alpha value is -3.30. The molecule has 2 heterocycles. The van der Waals surface area contributed by atoms with Crippen LogP contribution in [0.3, 0.4) is 0 Å². The van der Waals surface area contributed by atoms with Gasteiger partial charge in [0.05, 0.1) is 0 Å². The Morgan fingerprint density at radius 3 is 2.72 bits per heavy atom. The van der Waals surface area contributed by atoms with Gasteiger partial charge in [0.25, 0.3) is 11.8 Å². The third kappa shape index (κ3) is 4.25. The van der Waals surface area contributed by atoms with Gasteiger partial charge >= 0.3 is 12.0 Å². The number of fused-ring (bicyclic) bond motifs is 1. The molecular formula is C19H23N3O7. The molecule has 3 rings (SSSR count). The third-order valence-electron chi connectivity index (χ3n) is 4.92. The van der Waals surface area contributed by atoms with E-state index in [0.717, 1.165) is 10.5 Å². The maximum Gasteiger partial charge on any atom is 0.327 e. The van der Waals surface area contributed by atoms with Gasteiger partial charge in [-0.05, 0) is 38.0 Å². The van der Waals surface area contributed by atoms with Gasteiger partial charge in [0.2, 0.25) is 6.79 Å². The Kier molecular flexibility index (Phi) is 5.62. The van der Waals surface area contributed by atoms with Crippen LogP contribution in [0.15, 0.2) is 18.2 Å². The molecule has 4 amide bonds. The van der Waals surface area contributed by atoms with E-state index in [1.54, 1.807) is 32.0 Å². The van der Waals surface area contributed by atoms with Gasteiger partial charge in [-0.3, -0.25) is 19.3 Å². The molecule has 1 aromatic rings. The van der Waals surface area contributed by atoms with Gasteiger partial charge in [-0.2, -0.15) is 0 Å². The topological polar surface area (TPSA) is 123 Å². The van der Waals surface area contributed by atoms with Gasteiger partial charge in [0, 0.05) is 6.54 Å². The van der Waals surface area contributed by atoms with E-state index in [4.69, 9.17) is 14.2 Å². The molecule has 0 saturated carbocycles. The summed E-state index contributed by atoms with van der Waals surface area (Å²) in [5.41, 5.74) is -0.246. The lowest BCUT2D eigenvalue weighted by molar-refractivity contribution is -0.156. The fourth-order valence-electron chi connectivity index (χ4n) is 2.93. The number of benzene rings is 1. The van der Waals surface area contributed by atoms with Crippen molar-refractivity contribution in [2.75, 3.05) is 13.3 Å². The minimum atomic E-state index is -1.09. The number of carbonyl (C=O) groups excluding carboxylic acids is 4. The van der Waals surface area contributed by atoms with E-state index in [0.29, 0.717) is 17.9 Å². The number of ether oxygens (including phenoxy) is 3. The highest BCUT2D eigenvalue weighted by Gasteiger charge is 2.47. The molecule has 1 aromatic carbocycles. The summed E-state index contributed by atoms with van der Waals surface area (Å²) in [7, 11) is 0. The minimum absolute atomic E-state index is 0.160. The molecule has 29 heavy (non-hydrogen) atoms. The summed E-state index contributed by atoms with van der Waals surface area (Å²) in [4.78, 5) is 49.3. The maximum absolute atomic E-state index is 12.3. The van der Waals surface area contributed by atoms with Crippen molar-refractivity contribution in [1.82, 2.24) is 15.5 Å². The van der Waals surface area contributed by atoms with Crippen molar-refractivity contribution in [3.8, 4) is 11.5 Å². The first-order chi connectivity index (χ1) is 13.7. The number of amides is 4. The second-order valence-corrected chi connectivity index (χ2v) is 7.04. The van der Waals surface area contributed by atoms with Crippen molar-refractivity contribution in [2.24, 2.45) is 0 Å². The Balaban J connectivity index is 1.48. The van der Waals surface area contributed by atoms with Crippen LogP contribution in [0, 0.1) is 0 Å². The van der Waals surface area contributed by atoms with Crippen molar-refractivity contribution in [3.05, 3.63) is 23.8 Å². The van der Waals surface area contributed by atoms with Gasteiger partial charge in [0.1, 0.15) is 12.1 Å². The zero-order chi connectivity index (χ0) is 21.2. The molecule has 1 saturated heterocycles. The molecule has 0 spiro atoms. The van der Waals surface area contributed by atoms with Crippen molar-refractivity contribution in [2.45, 2.75) is 45.4 Å². The first-order valence-electron chi connectivity index (χ1n) is 9.23. The Labute approximate surface area is 167 Å². The van der Waals surface area contributed by atoms with Crippen molar-refractivity contribution < 1.29 is 33.4 Å². The highest BCUT2D eigenvalue weighted by molar-refractivity contribution is 6.08. The predicted octanol–water partition coefficient (Wildman–Crippen LogP) is 0.684. The lowest BCUT2D eigenvalue weighted by Crippen LogP contribution is -2.44. The fraction of sp³-hybridized carbons (Fsp3) is 0.474. The molecule has 10 heteroatoms. The largest absolute Gasteiger partial charge is 0.454 e. The van der Waals surface area contributed by atoms with Crippen LogP contribution in [-0.4, -0.2) is 53.7 Å². The third-order valence-corrected chi connectivity index (χ3v) is 4.92. The lowest BCUT2D eigenvalue weighted by atomic mass is 9.99. The average molecular weight is 405 g/mol. The van der Waals surface area contributed by atoms with Crippen molar-refractivity contribution in [3.63, 3.8) is 0 Å². The Morgan fingerprint density at radius 1 is 1.31 bits per heavy atom. The molecule has 0 unspecified atom stereocenters. The molecule has 0 bridgehead atoms. The van der Waals surface area contributed by atoms with Gasteiger partial charge in [0.15, 0.2) is 17.6 Å². The van der Waals surface area contributed by atoms with E-state index >= 15 is 0 Å². The molecule has 2 aliphatic heterocycles. The molecule has 156 valence electrons. The summed E-state index contributed by atoms with van der Waals surface area (Å²) in [5.74, 6) is -0.612. The van der Waals surface area contributed by atoms with E-state index in [2.05, 4.69) is 10.6 Å². The van der Waals surface area contributed by atoms with Gasteiger partial charge in [-0.25, -0.2) is 4.79 Å². The summed E-state index contributed by atoms with van der Waals surface area (Å²) >= 11 is 0. The second-order valence-electron chi connectivity index (χ2n) is 7.04. The molecule has 10 nitrogen and oxygen atoms in total. The number of urea groups is 1. The molecule has 2 N–H and O–H groups in total. The highest BCUT2D eigenvalue weighted by Crippen LogP contribution is 2.32. The molecule has 2 aliphatic rings. The van der Waals surface area contributed by atoms with Crippen LogP contribution < -0.4 is 20.1 Å². The molecule has 0 aromatic heterocycles. The first kappa shape index (κ1) is 20.4. The van der Waals surface area contributed by atoms with Gasteiger partial charge in [-0.1, -0.05) is 13.0 Å². The van der Waals surface area contributed by atoms with E-state index in [9.17, 15) is 19.2 Å². The number of esters is 1. The monoisotopic (exact) mass is 405 g/mol. The SMILES string of the molecule is CC[C@]1(C)NC(=O)N(CC(=O)O[C@@H](C)C(=O)NCc2ccc3c(c2)OCO3)C1=O. The minimum Gasteiger partial charge on any atom is -0.454 e. The summed E-state index contributed by atoms with van der Waals surface area (Å²) in [5, 5.41) is 5.20. The molecule has 0 radical (unpaired) electrons. The molecule has 1 fully saturated rings. The summed E-state index contributed by atoms with van der Waals surface area (Å²) in [6, 6.07) is 4.63. The predicted molar refractivity (Wildman–Crippen MR) is 98.9 cm³/mol. The van der Waals surface area contributed by atoms with E-state index < -0.39 is 42.0 Å². The van der Waals surface area contributed by atoms with Crippen LogP contribution in [-0.2, 0) is 25.7 Å². The van der Waals surface area contributed by atoms with Crippen LogP contribution in [0.25, 0.3) is 0 Å². The summed E-state index contributed by atoms with van der Waals surface area (Å²) in [6.07, 6.45) is -0.697. The molecule has 0 aliphatic carbocycles.